The fraction of sp³-hybridized carbons (Fsp3) is 0.300. The second-order valence-electron chi connectivity index (χ2n) is 3.55. The Morgan fingerprint density at radius 2 is 2.27 bits per heavy atom. The molecule has 15 heavy (non-hydrogen) atoms. The second kappa shape index (κ2) is 4.12. The molecule has 0 aromatic heterocycles. The maximum absolute atomic E-state index is 10.7. The summed E-state index contributed by atoms with van der Waals surface area (Å²) in [4.78, 5) is 11.5. The molecule has 5 heteroatoms. The Morgan fingerprint density at radius 3 is 2.80 bits per heavy atom. The van der Waals surface area contributed by atoms with Crippen molar-refractivity contribution in [2.75, 3.05) is 5.73 Å². The lowest BCUT2D eigenvalue weighted by molar-refractivity contribution is 0.0697. The van der Waals surface area contributed by atoms with E-state index < -0.39 is 5.97 Å². The van der Waals surface area contributed by atoms with Crippen LogP contribution in [-0.2, 0) is 0 Å². The van der Waals surface area contributed by atoms with E-state index in [1.807, 2.05) is 0 Å². The summed E-state index contributed by atoms with van der Waals surface area (Å²) in [5.41, 5.74) is 6.47. The molecular formula is C10H12N2O2S. The summed E-state index contributed by atoms with van der Waals surface area (Å²) >= 11 is 1.47. The predicted molar refractivity (Wildman–Crippen MR) is 59.8 cm³/mol. The number of carboxylic acids is 1. The third-order valence-electron chi connectivity index (χ3n) is 2.17. The largest absolute Gasteiger partial charge is 0.478 e. The zero-order chi connectivity index (χ0) is 10.8. The van der Waals surface area contributed by atoms with Crippen molar-refractivity contribution in [2.45, 2.75) is 23.8 Å². The summed E-state index contributed by atoms with van der Waals surface area (Å²) in [7, 11) is 0. The molecule has 0 aliphatic heterocycles. The molecule has 1 aromatic rings. The number of nitrogens with one attached hydrogen (secondary N) is 1. The van der Waals surface area contributed by atoms with Crippen molar-refractivity contribution in [3.63, 3.8) is 0 Å². The first-order chi connectivity index (χ1) is 7.16. The number of aromatic carboxylic acids is 1. The topological polar surface area (TPSA) is 75.4 Å². The van der Waals surface area contributed by atoms with E-state index >= 15 is 0 Å². The number of hydrogen-bond acceptors (Lipinski definition) is 4. The fourth-order valence-electron chi connectivity index (χ4n) is 1.12. The van der Waals surface area contributed by atoms with E-state index in [0.29, 0.717) is 11.7 Å². The molecule has 0 radical (unpaired) electrons. The number of carboxylic acid groups (broad SMARTS) is 1. The van der Waals surface area contributed by atoms with Crippen LogP contribution in [0.2, 0.25) is 0 Å². The quantitative estimate of drug-likeness (QED) is 0.536. The van der Waals surface area contributed by atoms with E-state index in [2.05, 4.69) is 4.72 Å². The average Bonchev–Trinajstić information content (AvgIpc) is 2.99. The summed E-state index contributed by atoms with van der Waals surface area (Å²) in [6.45, 7) is 0. The van der Waals surface area contributed by atoms with Crippen LogP contribution in [0.3, 0.4) is 0 Å². The second-order valence-corrected chi connectivity index (χ2v) is 4.43. The first kappa shape index (κ1) is 10.3. The molecule has 4 N–H and O–H groups in total. The maximum atomic E-state index is 10.7. The minimum absolute atomic E-state index is 0.225. The number of nitrogen functional groups attached to an aromatic ring is 1. The Kier molecular flexibility index (Phi) is 2.83. The lowest BCUT2D eigenvalue weighted by atomic mass is 10.2. The SMILES string of the molecule is Nc1cc(C(=O)O)ccc1SNC1CC1. The smallest absolute Gasteiger partial charge is 0.335 e. The van der Waals surface area contributed by atoms with Gasteiger partial charge in [-0.25, -0.2) is 4.79 Å². The Bertz CT molecular complexity index is 391. The molecule has 0 unspecified atom stereocenters. The molecule has 0 saturated heterocycles. The molecule has 0 bridgehead atoms. The van der Waals surface area contributed by atoms with Gasteiger partial charge in [-0.05, 0) is 43.0 Å². The van der Waals surface area contributed by atoms with Gasteiger partial charge in [-0.3, -0.25) is 4.72 Å². The summed E-state index contributed by atoms with van der Waals surface area (Å²) in [5, 5.41) is 8.75. The van der Waals surface area contributed by atoms with Gasteiger partial charge in [-0.15, -0.1) is 0 Å². The highest BCUT2D eigenvalue weighted by atomic mass is 32.2. The fourth-order valence-corrected chi connectivity index (χ4v) is 1.96. The Balaban J connectivity index is 2.07. The highest BCUT2D eigenvalue weighted by Crippen LogP contribution is 2.28. The van der Waals surface area contributed by atoms with Gasteiger partial charge in [0.1, 0.15) is 0 Å². The third-order valence-corrected chi connectivity index (χ3v) is 3.21. The minimum atomic E-state index is -0.951. The summed E-state index contributed by atoms with van der Waals surface area (Å²) in [6.07, 6.45) is 2.42. The lowest BCUT2D eigenvalue weighted by Gasteiger charge is -2.06. The number of benzene rings is 1. The van der Waals surface area contributed by atoms with Crippen molar-refractivity contribution >= 4 is 23.6 Å². The van der Waals surface area contributed by atoms with Gasteiger partial charge in [0.05, 0.1) is 5.56 Å². The van der Waals surface area contributed by atoms with Gasteiger partial charge >= 0.3 is 5.97 Å². The number of rotatable bonds is 4. The number of carbonyl (C=O) groups is 1. The number of hydrogen-bond donors (Lipinski definition) is 3. The molecular weight excluding hydrogens is 212 g/mol. The van der Waals surface area contributed by atoms with Gasteiger partial charge in [-0.1, -0.05) is 0 Å². The Morgan fingerprint density at radius 1 is 1.53 bits per heavy atom. The van der Waals surface area contributed by atoms with Crippen LogP contribution in [0.15, 0.2) is 23.1 Å². The molecule has 0 heterocycles. The number of anilines is 1. The standard InChI is InChI=1S/C10H12N2O2S/c11-8-5-6(10(13)14)1-4-9(8)15-12-7-2-3-7/h1,4-5,7,12H,2-3,11H2,(H,13,14). The van der Waals surface area contributed by atoms with Gasteiger partial charge in [0, 0.05) is 16.6 Å². The van der Waals surface area contributed by atoms with E-state index in [4.69, 9.17) is 10.8 Å². The molecule has 0 amide bonds. The lowest BCUT2D eigenvalue weighted by Crippen LogP contribution is -2.06. The van der Waals surface area contributed by atoms with Crippen LogP contribution in [-0.4, -0.2) is 17.1 Å². The molecule has 1 fully saturated rings. The molecule has 1 aliphatic carbocycles. The Hall–Kier alpha value is -1.20. The highest BCUT2D eigenvalue weighted by Gasteiger charge is 2.21. The first-order valence-corrected chi connectivity index (χ1v) is 5.53. The van der Waals surface area contributed by atoms with Crippen LogP contribution in [0.5, 0.6) is 0 Å². The molecule has 0 atom stereocenters. The average molecular weight is 224 g/mol. The van der Waals surface area contributed by atoms with Crippen LogP contribution in [0.4, 0.5) is 5.69 Å². The highest BCUT2D eigenvalue weighted by molar-refractivity contribution is 7.97. The van der Waals surface area contributed by atoms with Crippen molar-refractivity contribution in [1.29, 1.82) is 0 Å². The normalized spacial score (nSPS) is 15.2. The zero-order valence-corrected chi connectivity index (χ0v) is 8.88. The summed E-state index contributed by atoms with van der Waals surface area (Å²) < 4.78 is 3.25. The van der Waals surface area contributed by atoms with Crippen molar-refractivity contribution in [3.05, 3.63) is 23.8 Å². The Labute approximate surface area is 92.0 Å². The van der Waals surface area contributed by atoms with Gasteiger partial charge in [0.25, 0.3) is 0 Å². The summed E-state index contributed by atoms with van der Waals surface area (Å²) in [5.74, 6) is -0.951. The molecule has 0 spiro atoms. The molecule has 1 aliphatic rings. The van der Waals surface area contributed by atoms with Crippen molar-refractivity contribution in [1.82, 2.24) is 4.72 Å². The first-order valence-electron chi connectivity index (χ1n) is 4.72. The van der Waals surface area contributed by atoms with E-state index in [-0.39, 0.29) is 5.56 Å². The zero-order valence-electron chi connectivity index (χ0n) is 8.06. The van der Waals surface area contributed by atoms with Gasteiger partial charge in [0.2, 0.25) is 0 Å². The van der Waals surface area contributed by atoms with Crippen LogP contribution in [0, 0.1) is 0 Å². The van der Waals surface area contributed by atoms with Gasteiger partial charge < -0.3 is 10.8 Å². The van der Waals surface area contributed by atoms with Crippen LogP contribution < -0.4 is 10.5 Å². The summed E-state index contributed by atoms with van der Waals surface area (Å²) in [6, 6.07) is 5.38. The van der Waals surface area contributed by atoms with E-state index in [1.165, 1.54) is 30.9 Å². The van der Waals surface area contributed by atoms with Crippen molar-refractivity contribution < 1.29 is 9.90 Å². The van der Waals surface area contributed by atoms with Crippen molar-refractivity contribution in [2.24, 2.45) is 0 Å². The molecule has 1 saturated carbocycles. The minimum Gasteiger partial charge on any atom is -0.478 e. The van der Waals surface area contributed by atoms with E-state index in [0.717, 1.165) is 4.90 Å². The van der Waals surface area contributed by atoms with Gasteiger partial charge in [0.15, 0.2) is 0 Å². The van der Waals surface area contributed by atoms with Crippen molar-refractivity contribution in [3.8, 4) is 0 Å². The van der Waals surface area contributed by atoms with Crippen LogP contribution in [0.1, 0.15) is 23.2 Å². The van der Waals surface area contributed by atoms with E-state index in [9.17, 15) is 4.79 Å². The third kappa shape index (κ3) is 2.64. The van der Waals surface area contributed by atoms with Crippen LogP contribution in [0.25, 0.3) is 0 Å². The van der Waals surface area contributed by atoms with Gasteiger partial charge in [-0.2, -0.15) is 0 Å². The molecule has 1 aromatic carbocycles. The van der Waals surface area contributed by atoms with Crippen LogP contribution >= 0.6 is 11.9 Å². The number of nitrogens with two attached hydrogens (primary N) is 1. The molecule has 4 nitrogen and oxygen atoms in total. The molecule has 2 rings (SSSR count). The molecule has 80 valence electrons. The van der Waals surface area contributed by atoms with E-state index in [1.54, 1.807) is 12.1 Å². The maximum Gasteiger partial charge on any atom is 0.335 e. The predicted octanol–water partition coefficient (Wildman–Crippen LogP) is 1.73. The monoisotopic (exact) mass is 224 g/mol.